The standard InChI is InChI=1S/C11H7F3N2O2S2/c1-5-15-10(20-16-5)19-6-2-3-7(9(17)18)8(4-6)11(12,13)14/h2-4H,1H3,(H,17,18). The summed E-state index contributed by atoms with van der Waals surface area (Å²) in [6.45, 7) is 1.68. The number of nitrogens with zero attached hydrogens (tertiary/aromatic N) is 2. The highest BCUT2D eigenvalue weighted by molar-refractivity contribution is 8.01. The number of rotatable bonds is 3. The number of aromatic nitrogens is 2. The van der Waals surface area contributed by atoms with Gasteiger partial charge in [0.05, 0.1) is 11.1 Å². The van der Waals surface area contributed by atoms with Crippen LogP contribution in [-0.2, 0) is 6.18 Å². The van der Waals surface area contributed by atoms with Gasteiger partial charge in [0.15, 0.2) is 4.34 Å². The maximum Gasteiger partial charge on any atom is 0.417 e. The zero-order valence-corrected chi connectivity index (χ0v) is 11.6. The Morgan fingerprint density at radius 2 is 2.10 bits per heavy atom. The van der Waals surface area contributed by atoms with Gasteiger partial charge in [0, 0.05) is 4.90 Å². The molecule has 2 aromatic rings. The topological polar surface area (TPSA) is 63.1 Å². The van der Waals surface area contributed by atoms with Crippen LogP contribution in [0.2, 0.25) is 0 Å². The second kappa shape index (κ2) is 5.41. The molecule has 0 atom stereocenters. The van der Waals surface area contributed by atoms with E-state index in [2.05, 4.69) is 9.36 Å². The van der Waals surface area contributed by atoms with Crippen LogP contribution in [0.25, 0.3) is 0 Å². The lowest BCUT2D eigenvalue weighted by molar-refractivity contribution is -0.138. The van der Waals surface area contributed by atoms with Gasteiger partial charge in [0.25, 0.3) is 0 Å². The number of carboxylic acids is 1. The minimum absolute atomic E-state index is 0.262. The summed E-state index contributed by atoms with van der Waals surface area (Å²) in [6.07, 6.45) is -4.72. The molecule has 0 saturated carbocycles. The van der Waals surface area contributed by atoms with Crippen molar-refractivity contribution in [2.75, 3.05) is 0 Å². The van der Waals surface area contributed by atoms with Crippen LogP contribution in [0.5, 0.6) is 0 Å². The van der Waals surface area contributed by atoms with Crippen LogP contribution in [0.4, 0.5) is 13.2 Å². The highest BCUT2D eigenvalue weighted by atomic mass is 32.2. The van der Waals surface area contributed by atoms with E-state index in [1.165, 1.54) is 6.07 Å². The predicted octanol–water partition coefficient (Wildman–Crippen LogP) is 3.71. The Bertz CT molecular complexity index is 655. The van der Waals surface area contributed by atoms with Gasteiger partial charge in [0.1, 0.15) is 5.82 Å². The first-order valence-corrected chi connectivity index (χ1v) is 6.79. The van der Waals surface area contributed by atoms with E-state index in [0.29, 0.717) is 10.2 Å². The van der Waals surface area contributed by atoms with E-state index in [0.717, 1.165) is 35.4 Å². The van der Waals surface area contributed by atoms with E-state index < -0.39 is 23.3 Å². The van der Waals surface area contributed by atoms with Crippen molar-refractivity contribution in [3.05, 3.63) is 35.2 Å². The summed E-state index contributed by atoms with van der Waals surface area (Å²) < 4.78 is 42.9. The van der Waals surface area contributed by atoms with Crippen LogP contribution in [-0.4, -0.2) is 20.4 Å². The van der Waals surface area contributed by atoms with Gasteiger partial charge in [-0.3, -0.25) is 0 Å². The van der Waals surface area contributed by atoms with Gasteiger partial charge in [-0.25, -0.2) is 9.78 Å². The molecule has 2 rings (SSSR count). The van der Waals surface area contributed by atoms with Crippen molar-refractivity contribution in [1.29, 1.82) is 0 Å². The molecular weight excluding hydrogens is 313 g/mol. The van der Waals surface area contributed by atoms with Gasteiger partial charge in [-0.1, -0.05) is 11.8 Å². The molecule has 0 saturated heterocycles. The van der Waals surface area contributed by atoms with Crippen molar-refractivity contribution in [3.8, 4) is 0 Å². The zero-order valence-electron chi connectivity index (χ0n) is 9.93. The number of benzene rings is 1. The van der Waals surface area contributed by atoms with Gasteiger partial charge in [-0.15, -0.1) is 0 Å². The molecule has 9 heteroatoms. The number of hydrogen-bond donors (Lipinski definition) is 1. The summed E-state index contributed by atoms with van der Waals surface area (Å²) >= 11 is 2.08. The number of alkyl halides is 3. The highest BCUT2D eigenvalue weighted by Crippen LogP contribution is 2.37. The average molecular weight is 320 g/mol. The van der Waals surface area contributed by atoms with Crippen LogP contribution in [0.1, 0.15) is 21.7 Å². The number of aryl methyl sites for hydroxylation is 1. The first kappa shape index (κ1) is 14.8. The number of halogens is 3. The lowest BCUT2D eigenvalue weighted by atomic mass is 10.1. The Labute approximate surface area is 119 Å². The fourth-order valence-electron chi connectivity index (χ4n) is 1.43. The van der Waals surface area contributed by atoms with Gasteiger partial charge < -0.3 is 5.11 Å². The van der Waals surface area contributed by atoms with Crippen molar-refractivity contribution in [2.45, 2.75) is 22.3 Å². The van der Waals surface area contributed by atoms with E-state index in [1.807, 2.05) is 0 Å². The van der Waals surface area contributed by atoms with Crippen LogP contribution in [0.15, 0.2) is 27.4 Å². The van der Waals surface area contributed by atoms with Crippen molar-refractivity contribution >= 4 is 29.3 Å². The number of aromatic carboxylic acids is 1. The van der Waals surface area contributed by atoms with E-state index in [9.17, 15) is 18.0 Å². The van der Waals surface area contributed by atoms with E-state index >= 15 is 0 Å². The monoisotopic (exact) mass is 320 g/mol. The highest BCUT2D eigenvalue weighted by Gasteiger charge is 2.35. The number of carbonyl (C=O) groups is 1. The third-order valence-electron chi connectivity index (χ3n) is 2.24. The molecule has 0 spiro atoms. The van der Waals surface area contributed by atoms with E-state index in [1.54, 1.807) is 6.92 Å². The molecule has 0 aliphatic carbocycles. The molecule has 0 unspecified atom stereocenters. The number of carboxylic acid groups (broad SMARTS) is 1. The first-order valence-electron chi connectivity index (χ1n) is 5.20. The van der Waals surface area contributed by atoms with Gasteiger partial charge in [-0.2, -0.15) is 17.5 Å². The molecule has 0 bridgehead atoms. The quantitative estimate of drug-likeness (QED) is 0.934. The minimum atomic E-state index is -4.72. The Balaban J connectivity index is 2.39. The van der Waals surface area contributed by atoms with Crippen molar-refractivity contribution in [3.63, 3.8) is 0 Å². The van der Waals surface area contributed by atoms with Crippen LogP contribution >= 0.6 is 23.3 Å². The predicted molar refractivity (Wildman–Crippen MR) is 67.2 cm³/mol. The Hall–Kier alpha value is -1.61. The molecule has 4 nitrogen and oxygen atoms in total. The normalized spacial score (nSPS) is 11.6. The molecule has 0 fully saturated rings. The first-order chi connectivity index (χ1) is 9.27. The molecule has 1 heterocycles. The smallest absolute Gasteiger partial charge is 0.417 e. The molecule has 0 aliphatic heterocycles. The summed E-state index contributed by atoms with van der Waals surface area (Å²) in [7, 11) is 0. The lowest BCUT2D eigenvalue weighted by Crippen LogP contribution is -2.12. The molecule has 0 amide bonds. The van der Waals surface area contributed by atoms with Gasteiger partial charge in [-0.05, 0) is 36.7 Å². The summed E-state index contributed by atoms with van der Waals surface area (Å²) in [6, 6.07) is 3.08. The molecule has 1 N–H and O–H groups in total. The molecule has 1 aromatic heterocycles. The number of hydrogen-bond acceptors (Lipinski definition) is 5. The largest absolute Gasteiger partial charge is 0.478 e. The third-order valence-corrected chi connectivity index (χ3v) is 4.07. The summed E-state index contributed by atoms with van der Waals surface area (Å²) in [5, 5.41) is 8.79. The second-order valence-electron chi connectivity index (χ2n) is 3.72. The van der Waals surface area contributed by atoms with Gasteiger partial charge in [0.2, 0.25) is 0 Å². The lowest BCUT2D eigenvalue weighted by Gasteiger charge is -2.11. The molecular formula is C11H7F3N2O2S2. The van der Waals surface area contributed by atoms with Crippen LogP contribution in [0, 0.1) is 6.92 Å². The maximum atomic E-state index is 12.8. The Morgan fingerprint density at radius 3 is 2.60 bits per heavy atom. The van der Waals surface area contributed by atoms with Crippen LogP contribution < -0.4 is 0 Å². The molecule has 0 aliphatic rings. The summed E-state index contributed by atoms with van der Waals surface area (Å²) in [4.78, 5) is 15.1. The Morgan fingerprint density at radius 1 is 1.40 bits per heavy atom. The molecule has 20 heavy (non-hydrogen) atoms. The average Bonchev–Trinajstić information content (AvgIpc) is 2.73. The summed E-state index contributed by atoms with van der Waals surface area (Å²) in [5.74, 6) is -1.07. The minimum Gasteiger partial charge on any atom is -0.478 e. The zero-order chi connectivity index (χ0) is 14.9. The van der Waals surface area contributed by atoms with Crippen molar-refractivity contribution in [1.82, 2.24) is 9.36 Å². The second-order valence-corrected chi connectivity index (χ2v) is 5.79. The SMILES string of the molecule is Cc1nsc(Sc2ccc(C(=O)O)c(C(F)(F)F)c2)n1. The fraction of sp³-hybridized carbons (Fsp3) is 0.182. The molecule has 106 valence electrons. The third kappa shape index (κ3) is 3.28. The van der Waals surface area contributed by atoms with Crippen molar-refractivity contribution < 1.29 is 23.1 Å². The van der Waals surface area contributed by atoms with E-state index in [-0.39, 0.29) is 4.90 Å². The van der Waals surface area contributed by atoms with Gasteiger partial charge >= 0.3 is 12.1 Å². The molecule has 0 radical (unpaired) electrons. The molecule has 1 aromatic carbocycles. The summed E-state index contributed by atoms with van der Waals surface area (Å²) in [5.41, 5.74) is -1.94. The fourth-order valence-corrected chi connectivity index (χ4v) is 3.09. The van der Waals surface area contributed by atoms with Crippen molar-refractivity contribution in [2.24, 2.45) is 0 Å². The van der Waals surface area contributed by atoms with E-state index in [4.69, 9.17) is 5.11 Å². The maximum absolute atomic E-state index is 12.8. The Kier molecular flexibility index (Phi) is 4.00. The van der Waals surface area contributed by atoms with Crippen LogP contribution in [0.3, 0.4) is 0 Å².